The van der Waals surface area contributed by atoms with Crippen molar-refractivity contribution in [3.63, 3.8) is 0 Å². The summed E-state index contributed by atoms with van der Waals surface area (Å²) in [6, 6.07) is 0. The summed E-state index contributed by atoms with van der Waals surface area (Å²) in [5.74, 6) is 6.53. The Balaban J connectivity index is 2.05. The zero-order valence-electron chi connectivity index (χ0n) is 12.7. The lowest BCUT2D eigenvalue weighted by atomic mass is 10.2. The molecule has 0 bridgehead atoms. The van der Waals surface area contributed by atoms with Crippen LogP contribution in [0, 0.1) is 11.8 Å². The first-order chi connectivity index (χ1) is 9.84. The number of allylic oxidation sites excluding steroid dienone is 3. The van der Waals surface area contributed by atoms with E-state index in [1.165, 1.54) is 19.3 Å². The fourth-order valence-electron chi connectivity index (χ4n) is 2.15. The Labute approximate surface area is 123 Å². The van der Waals surface area contributed by atoms with E-state index in [1.807, 2.05) is 17.1 Å². The molecule has 0 aromatic rings. The van der Waals surface area contributed by atoms with E-state index in [9.17, 15) is 4.79 Å². The summed E-state index contributed by atoms with van der Waals surface area (Å²) in [5, 5.41) is 0. The van der Waals surface area contributed by atoms with Crippen molar-refractivity contribution in [2.45, 2.75) is 58.3 Å². The molecule has 0 aliphatic carbocycles. The van der Waals surface area contributed by atoms with Crippen LogP contribution < -0.4 is 0 Å². The highest BCUT2D eigenvalue weighted by Crippen LogP contribution is 2.07. The molecule has 1 aliphatic heterocycles. The Bertz CT molecular complexity index is 378. The zero-order chi connectivity index (χ0) is 14.5. The predicted octanol–water partition coefficient (Wildman–Crippen LogP) is 4.09. The first-order valence-corrected chi connectivity index (χ1v) is 7.92. The SMILES string of the molecule is CCCCCC#CCCC=CC=CC(=O)N1CCCC1. The molecule has 1 rings (SSSR count). The molecule has 0 spiro atoms. The normalized spacial score (nSPS) is 14.9. The molecule has 0 aromatic heterocycles. The smallest absolute Gasteiger partial charge is 0.246 e. The number of unbranched alkanes of at least 4 members (excludes halogenated alkanes) is 4. The van der Waals surface area contributed by atoms with Crippen LogP contribution in [0.25, 0.3) is 0 Å². The van der Waals surface area contributed by atoms with Gasteiger partial charge < -0.3 is 4.90 Å². The number of amides is 1. The Morgan fingerprint density at radius 1 is 1.10 bits per heavy atom. The third kappa shape index (κ3) is 7.84. The van der Waals surface area contributed by atoms with Crippen molar-refractivity contribution in [1.82, 2.24) is 4.90 Å². The summed E-state index contributed by atoms with van der Waals surface area (Å²) in [6.07, 6.45) is 16.5. The maximum absolute atomic E-state index is 11.7. The van der Waals surface area contributed by atoms with Crippen molar-refractivity contribution in [3.05, 3.63) is 24.3 Å². The molecule has 110 valence electrons. The van der Waals surface area contributed by atoms with Gasteiger partial charge >= 0.3 is 0 Å². The summed E-state index contributed by atoms with van der Waals surface area (Å²) in [6.45, 7) is 4.04. The third-order valence-electron chi connectivity index (χ3n) is 3.37. The molecule has 0 saturated carbocycles. The number of carbonyl (C=O) groups is 1. The van der Waals surface area contributed by atoms with Gasteiger partial charge in [-0.3, -0.25) is 4.79 Å². The first kappa shape index (κ1) is 16.6. The molecule has 2 nitrogen and oxygen atoms in total. The van der Waals surface area contributed by atoms with Crippen molar-refractivity contribution in [2.24, 2.45) is 0 Å². The lowest BCUT2D eigenvalue weighted by Crippen LogP contribution is -2.25. The number of hydrogen-bond donors (Lipinski definition) is 0. The molecule has 0 atom stereocenters. The van der Waals surface area contributed by atoms with Crippen LogP contribution in [-0.4, -0.2) is 23.9 Å². The summed E-state index contributed by atoms with van der Waals surface area (Å²) >= 11 is 0. The number of rotatable bonds is 7. The van der Waals surface area contributed by atoms with Gasteiger partial charge in [0, 0.05) is 32.0 Å². The van der Waals surface area contributed by atoms with Crippen molar-refractivity contribution in [3.8, 4) is 11.8 Å². The van der Waals surface area contributed by atoms with Crippen LogP contribution >= 0.6 is 0 Å². The van der Waals surface area contributed by atoms with Gasteiger partial charge in [-0.1, -0.05) is 38.0 Å². The average Bonchev–Trinajstić information content (AvgIpc) is 2.99. The van der Waals surface area contributed by atoms with Gasteiger partial charge in [-0.05, 0) is 25.7 Å². The molecule has 0 N–H and O–H groups in total. The van der Waals surface area contributed by atoms with Crippen LogP contribution in [0.3, 0.4) is 0 Å². The molecule has 1 amide bonds. The molecule has 1 saturated heterocycles. The van der Waals surface area contributed by atoms with Crippen LogP contribution in [0.4, 0.5) is 0 Å². The lowest BCUT2D eigenvalue weighted by molar-refractivity contribution is -0.124. The van der Waals surface area contributed by atoms with Crippen LogP contribution in [0.2, 0.25) is 0 Å². The molecule has 0 aromatic carbocycles. The summed E-state index contributed by atoms with van der Waals surface area (Å²) in [7, 11) is 0. The van der Waals surface area contributed by atoms with Crippen molar-refractivity contribution in [2.75, 3.05) is 13.1 Å². The van der Waals surface area contributed by atoms with E-state index in [2.05, 4.69) is 24.8 Å². The molecule has 0 unspecified atom stereocenters. The van der Waals surface area contributed by atoms with Crippen LogP contribution in [0.1, 0.15) is 58.3 Å². The van der Waals surface area contributed by atoms with E-state index in [-0.39, 0.29) is 5.91 Å². The molecule has 1 fully saturated rings. The van der Waals surface area contributed by atoms with Gasteiger partial charge in [0.2, 0.25) is 5.91 Å². The van der Waals surface area contributed by atoms with Gasteiger partial charge in [0.05, 0.1) is 0 Å². The fourth-order valence-corrected chi connectivity index (χ4v) is 2.15. The average molecular weight is 273 g/mol. The maximum Gasteiger partial charge on any atom is 0.246 e. The minimum Gasteiger partial charge on any atom is -0.339 e. The number of hydrogen-bond acceptors (Lipinski definition) is 1. The molecule has 1 heterocycles. The largest absolute Gasteiger partial charge is 0.339 e. The molecule has 2 heteroatoms. The summed E-state index contributed by atoms with van der Waals surface area (Å²) in [5.41, 5.74) is 0. The van der Waals surface area contributed by atoms with Gasteiger partial charge in [-0.25, -0.2) is 0 Å². The van der Waals surface area contributed by atoms with Gasteiger partial charge in [0.25, 0.3) is 0 Å². The topological polar surface area (TPSA) is 20.3 Å². The quantitative estimate of drug-likeness (QED) is 0.296. The number of nitrogens with zero attached hydrogens (tertiary/aromatic N) is 1. The van der Waals surface area contributed by atoms with Crippen LogP contribution in [-0.2, 0) is 4.79 Å². The van der Waals surface area contributed by atoms with E-state index < -0.39 is 0 Å². The summed E-state index contributed by atoms with van der Waals surface area (Å²) in [4.78, 5) is 13.6. The van der Waals surface area contributed by atoms with Crippen molar-refractivity contribution in [1.29, 1.82) is 0 Å². The van der Waals surface area contributed by atoms with E-state index in [4.69, 9.17) is 0 Å². The lowest BCUT2D eigenvalue weighted by Gasteiger charge is -2.11. The van der Waals surface area contributed by atoms with E-state index >= 15 is 0 Å². The molecule has 20 heavy (non-hydrogen) atoms. The third-order valence-corrected chi connectivity index (χ3v) is 3.37. The number of carbonyl (C=O) groups excluding carboxylic acids is 1. The Morgan fingerprint density at radius 3 is 2.60 bits per heavy atom. The molecule has 0 radical (unpaired) electrons. The highest BCUT2D eigenvalue weighted by atomic mass is 16.2. The van der Waals surface area contributed by atoms with Crippen molar-refractivity contribution < 1.29 is 4.79 Å². The van der Waals surface area contributed by atoms with Gasteiger partial charge in [-0.2, -0.15) is 0 Å². The molecular weight excluding hydrogens is 246 g/mol. The minimum absolute atomic E-state index is 0.142. The molecule has 1 aliphatic rings. The second-order valence-electron chi connectivity index (χ2n) is 5.17. The van der Waals surface area contributed by atoms with Gasteiger partial charge in [0.15, 0.2) is 0 Å². The minimum atomic E-state index is 0.142. The Morgan fingerprint density at radius 2 is 1.85 bits per heavy atom. The zero-order valence-corrected chi connectivity index (χ0v) is 12.7. The van der Waals surface area contributed by atoms with E-state index in [1.54, 1.807) is 6.08 Å². The predicted molar refractivity (Wildman–Crippen MR) is 85.2 cm³/mol. The van der Waals surface area contributed by atoms with Crippen LogP contribution in [0.15, 0.2) is 24.3 Å². The van der Waals surface area contributed by atoms with E-state index in [0.717, 1.165) is 45.2 Å². The second-order valence-corrected chi connectivity index (χ2v) is 5.17. The number of likely N-dealkylation sites (tertiary alicyclic amines) is 1. The van der Waals surface area contributed by atoms with Gasteiger partial charge in [-0.15, -0.1) is 11.8 Å². The molecular formula is C18H27NO. The Hall–Kier alpha value is -1.49. The first-order valence-electron chi connectivity index (χ1n) is 7.92. The maximum atomic E-state index is 11.7. The highest BCUT2D eigenvalue weighted by Gasteiger charge is 2.14. The summed E-state index contributed by atoms with van der Waals surface area (Å²) < 4.78 is 0. The Kier molecular flexibility index (Phi) is 9.40. The fraction of sp³-hybridized carbons (Fsp3) is 0.611. The van der Waals surface area contributed by atoms with Gasteiger partial charge in [0.1, 0.15) is 0 Å². The monoisotopic (exact) mass is 273 g/mol. The standard InChI is InChI=1S/C18H27NO/c1-2-3-4-5-6-7-8-9-10-11-12-15-18(20)19-16-13-14-17-19/h10-12,15H,2-5,8-9,13-14,16-17H2,1H3. The van der Waals surface area contributed by atoms with Crippen LogP contribution in [0.5, 0.6) is 0 Å². The van der Waals surface area contributed by atoms with Crippen molar-refractivity contribution >= 4 is 5.91 Å². The van der Waals surface area contributed by atoms with E-state index in [0.29, 0.717) is 0 Å². The second kappa shape index (κ2) is 11.3. The highest BCUT2D eigenvalue weighted by molar-refractivity contribution is 5.88.